The molecule has 2 aliphatic heterocycles. The number of rotatable bonds is 1. The second-order valence-electron chi connectivity index (χ2n) is 4.62. The molecular formula is C11H17N3O2. The maximum Gasteiger partial charge on any atom is 0.156 e. The van der Waals surface area contributed by atoms with E-state index in [-0.39, 0.29) is 0 Å². The zero-order valence-electron chi connectivity index (χ0n) is 9.30. The first-order valence-corrected chi connectivity index (χ1v) is 6.06. The van der Waals surface area contributed by atoms with E-state index in [2.05, 4.69) is 10.1 Å². The van der Waals surface area contributed by atoms with Crippen molar-refractivity contribution in [2.24, 2.45) is 0 Å². The summed E-state index contributed by atoms with van der Waals surface area (Å²) in [5.41, 5.74) is 0. The number of hydrogen-bond acceptors (Lipinski definition) is 4. The van der Waals surface area contributed by atoms with Gasteiger partial charge in [0.05, 0.1) is 6.61 Å². The molecular weight excluding hydrogens is 206 g/mol. The van der Waals surface area contributed by atoms with Crippen LogP contribution in [0.5, 0.6) is 0 Å². The summed E-state index contributed by atoms with van der Waals surface area (Å²) < 4.78 is 7.13. The standard InChI is InChI=1S/C11H17N3O2/c15-10-5-1-4-9-12-11(13-14(9)10)8-3-2-6-16-7-8/h8,10,15H,1-7H2. The van der Waals surface area contributed by atoms with Crippen LogP contribution in [-0.4, -0.2) is 33.1 Å². The van der Waals surface area contributed by atoms with Gasteiger partial charge in [-0.05, 0) is 25.7 Å². The average Bonchev–Trinajstić information content (AvgIpc) is 2.76. The Labute approximate surface area is 94.4 Å². The summed E-state index contributed by atoms with van der Waals surface area (Å²) >= 11 is 0. The molecule has 1 aromatic rings. The largest absolute Gasteiger partial charge is 0.381 e. The minimum atomic E-state index is -0.477. The van der Waals surface area contributed by atoms with E-state index >= 15 is 0 Å². The maximum atomic E-state index is 9.80. The molecule has 5 heteroatoms. The summed E-state index contributed by atoms with van der Waals surface area (Å²) in [5.74, 6) is 2.11. The first-order valence-electron chi connectivity index (χ1n) is 6.06. The zero-order valence-corrected chi connectivity index (χ0v) is 9.30. The van der Waals surface area contributed by atoms with Crippen molar-refractivity contribution in [2.45, 2.75) is 44.2 Å². The van der Waals surface area contributed by atoms with E-state index in [1.54, 1.807) is 4.68 Å². The molecule has 2 unspecified atom stereocenters. The minimum absolute atomic E-state index is 0.319. The third kappa shape index (κ3) is 1.74. The van der Waals surface area contributed by atoms with Gasteiger partial charge in [0.1, 0.15) is 12.1 Å². The molecule has 0 aliphatic carbocycles. The van der Waals surface area contributed by atoms with Gasteiger partial charge in [-0.25, -0.2) is 9.67 Å². The molecule has 1 saturated heterocycles. The smallest absolute Gasteiger partial charge is 0.156 e. The van der Waals surface area contributed by atoms with Gasteiger partial charge in [0.2, 0.25) is 0 Å². The highest BCUT2D eigenvalue weighted by Crippen LogP contribution is 2.26. The minimum Gasteiger partial charge on any atom is -0.381 e. The molecule has 1 N–H and O–H groups in total. The lowest BCUT2D eigenvalue weighted by Crippen LogP contribution is -2.19. The van der Waals surface area contributed by atoms with Gasteiger partial charge in [-0.2, -0.15) is 5.10 Å². The first kappa shape index (κ1) is 10.2. The fourth-order valence-corrected chi connectivity index (χ4v) is 2.47. The van der Waals surface area contributed by atoms with Gasteiger partial charge >= 0.3 is 0 Å². The summed E-state index contributed by atoms with van der Waals surface area (Å²) in [6.07, 6.45) is 4.42. The Morgan fingerprint density at radius 2 is 2.25 bits per heavy atom. The second-order valence-corrected chi connectivity index (χ2v) is 4.62. The molecule has 0 aromatic carbocycles. The summed E-state index contributed by atoms with van der Waals surface area (Å²) in [7, 11) is 0. The van der Waals surface area contributed by atoms with Gasteiger partial charge in [0.15, 0.2) is 5.82 Å². The van der Waals surface area contributed by atoms with Crippen molar-refractivity contribution in [1.82, 2.24) is 14.8 Å². The van der Waals surface area contributed by atoms with Crippen molar-refractivity contribution in [2.75, 3.05) is 13.2 Å². The molecule has 3 heterocycles. The van der Waals surface area contributed by atoms with Crippen LogP contribution < -0.4 is 0 Å². The lowest BCUT2D eigenvalue weighted by Gasteiger charge is -2.19. The number of aliphatic hydroxyl groups excluding tert-OH is 1. The van der Waals surface area contributed by atoms with Crippen molar-refractivity contribution in [3.63, 3.8) is 0 Å². The van der Waals surface area contributed by atoms with E-state index < -0.39 is 6.23 Å². The van der Waals surface area contributed by atoms with Gasteiger partial charge < -0.3 is 9.84 Å². The SMILES string of the molecule is OC1CCCc2nc(C3CCCOC3)nn21. The van der Waals surface area contributed by atoms with E-state index in [9.17, 15) is 5.11 Å². The van der Waals surface area contributed by atoms with Gasteiger partial charge in [-0.3, -0.25) is 0 Å². The van der Waals surface area contributed by atoms with E-state index in [4.69, 9.17) is 4.74 Å². The predicted molar refractivity (Wildman–Crippen MR) is 57.0 cm³/mol. The van der Waals surface area contributed by atoms with Crippen LogP contribution in [0.2, 0.25) is 0 Å². The van der Waals surface area contributed by atoms with Crippen LogP contribution in [0.15, 0.2) is 0 Å². The Balaban J connectivity index is 1.85. The molecule has 0 amide bonds. The van der Waals surface area contributed by atoms with Crippen LogP contribution in [0, 0.1) is 0 Å². The van der Waals surface area contributed by atoms with Crippen LogP contribution in [0.4, 0.5) is 0 Å². The number of aromatic nitrogens is 3. The molecule has 0 radical (unpaired) electrons. The summed E-state index contributed by atoms with van der Waals surface area (Å²) in [6, 6.07) is 0. The van der Waals surface area contributed by atoms with Crippen molar-refractivity contribution >= 4 is 0 Å². The molecule has 88 valence electrons. The molecule has 1 aromatic heterocycles. The lowest BCUT2D eigenvalue weighted by atomic mass is 10.0. The van der Waals surface area contributed by atoms with Crippen molar-refractivity contribution < 1.29 is 9.84 Å². The van der Waals surface area contributed by atoms with Crippen molar-refractivity contribution in [3.8, 4) is 0 Å². The maximum absolute atomic E-state index is 9.80. The number of aliphatic hydroxyl groups is 1. The summed E-state index contributed by atoms with van der Waals surface area (Å²) in [6.45, 7) is 1.58. The van der Waals surface area contributed by atoms with E-state index in [1.807, 2.05) is 0 Å². The summed E-state index contributed by atoms with van der Waals surface area (Å²) in [4.78, 5) is 4.54. The molecule has 1 fully saturated rings. The van der Waals surface area contributed by atoms with Crippen molar-refractivity contribution in [1.29, 1.82) is 0 Å². The molecule has 0 spiro atoms. The number of hydrogen-bond donors (Lipinski definition) is 1. The van der Waals surface area contributed by atoms with Crippen LogP contribution in [0.3, 0.4) is 0 Å². The number of nitrogens with zero attached hydrogens (tertiary/aromatic N) is 3. The Morgan fingerprint density at radius 1 is 1.31 bits per heavy atom. The molecule has 0 saturated carbocycles. The van der Waals surface area contributed by atoms with E-state index in [1.165, 1.54) is 0 Å². The van der Waals surface area contributed by atoms with E-state index in [0.29, 0.717) is 5.92 Å². The van der Waals surface area contributed by atoms with E-state index in [0.717, 1.165) is 57.0 Å². The number of fused-ring (bicyclic) bond motifs is 1. The fraction of sp³-hybridized carbons (Fsp3) is 0.818. The predicted octanol–water partition coefficient (Wildman–Crippen LogP) is 0.999. The Bertz CT molecular complexity index is 371. The van der Waals surface area contributed by atoms with Gasteiger partial charge in [0, 0.05) is 18.9 Å². The highest BCUT2D eigenvalue weighted by atomic mass is 16.5. The molecule has 5 nitrogen and oxygen atoms in total. The molecule has 2 aliphatic rings. The molecule has 3 rings (SSSR count). The molecule has 2 atom stereocenters. The Kier molecular flexibility index (Phi) is 2.65. The van der Waals surface area contributed by atoms with Crippen molar-refractivity contribution in [3.05, 3.63) is 11.6 Å². The zero-order chi connectivity index (χ0) is 11.0. The van der Waals surface area contributed by atoms with Gasteiger partial charge in [-0.15, -0.1) is 0 Å². The highest BCUT2D eigenvalue weighted by Gasteiger charge is 2.25. The molecule has 0 bridgehead atoms. The average molecular weight is 223 g/mol. The van der Waals surface area contributed by atoms with Crippen LogP contribution >= 0.6 is 0 Å². The number of aryl methyl sites for hydroxylation is 1. The monoisotopic (exact) mass is 223 g/mol. The second kappa shape index (κ2) is 4.14. The third-order valence-electron chi connectivity index (χ3n) is 3.39. The van der Waals surface area contributed by atoms with Crippen LogP contribution in [-0.2, 0) is 11.2 Å². The van der Waals surface area contributed by atoms with Crippen LogP contribution in [0.1, 0.15) is 49.5 Å². The molecule has 16 heavy (non-hydrogen) atoms. The third-order valence-corrected chi connectivity index (χ3v) is 3.39. The Hall–Kier alpha value is -0.940. The summed E-state index contributed by atoms with van der Waals surface area (Å²) in [5, 5.41) is 14.2. The lowest BCUT2D eigenvalue weighted by molar-refractivity contribution is 0.0617. The topological polar surface area (TPSA) is 60.2 Å². The highest BCUT2D eigenvalue weighted by molar-refractivity contribution is 5.02. The van der Waals surface area contributed by atoms with Gasteiger partial charge in [-0.1, -0.05) is 0 Å². The fourth-order valence-electron chi connectivity index (χ4n) is 2.47. The normalized spacial score (nSPS) is 30.1. The first-order chi connectivity index (χ1) is 7.84. The van der Waals surface area contributed by atoms with Gasteiger partial charge in [0.25, 0.3) is 0 Å². The quantitative estimate of drug-likeness (QED) is 0.771. The Morgan fingerprint density at radius 3 is 3.00 bits per heavy atom. The van der Waals surface area contributed by atoms with Crippen LogP contribution in [0.25, 0.3) is 0 Å². The number of ether oxygens (including phenoxy) is 1.